The summed E-state index contributed by atoms with van der Waals surface area (Å²) in [5, 5.41) is 13.2. The van der Waals surface area contributed by atoms with Gasteiger partial charge in [-0.3, -0.25) is 14.2 Å². The normalized spacial score (nSPS) is 15.1. The van der Waals surface area contributed by atoms with Gasteiger partial charge in [-0.05, 0) is 55.0 Å². The lowest BCUT2D eigenvalue weighted by Crippen LogP contribution is -2.25. The molecule has 1 aliphatic rings. The molecule has 0 spiro atoms. The number of carbonyl (C=O) groups excluding carboxylic acids is 1. The van der Waals surface area contributed by atoms with Gasteiger partial charge in [0.25, 0.3) is 5.56 Å². The second-order valence-electron chi connectivity index (χ2n) is 8.39. The summed E-state index contributed by atoms with van der Waals surface area (Å²) in [5.74, 6) is 1.03. The molecule has 1 amide bonds. The first-order valence-electron chi connectivity index (χ1n) is 11.0. The third-order valence-electron chi connectivity index (χ3n) is 5.93. The quantitative estimate of drug-likeness (QED) is 0.307. The molecule has 0 radical (unpaired) electrons. The number of benzene rings is 1. The molecule has 0 bridgehead atoms. The van der Waals surface area contributed by atoms with Crippen LogP contribution in [0.15, 0.2) is 57.0 Å². The van der Waals surface area contributed by atoms with E-state index in [0.717, 1.165) is 29.7 Å². The number of aryl methyl sites for hydroxylation is 1. The monoisotopic (exact) mass is 490 g/mol. The number of hydrogen-bond donors (Lipinski definition) is 1. The average Bonchev–Trinajstić information content (AvgIpc) is 3.47. The van der Waals surface area contributed by atoms with Crippen molar-refractivity contribution in [3.05, 3.63) is 74.8 Å². The number of nitrogens with one attached hydrogen (secondary N) is 1. The van der Waals surface area contributed by atoms with Gasteiger partial charge in [0.05, 0.1) is 35.2 Å². The van der Waals surface area contributed by atoms with Gasteiger partial charge in [-0.1, -0.05) is 30.8 Å². The number of thioether (sulfide) groups is 1. The number of aromatic nitrogens is 2. The van der Waals surface area contributed by atoms with Crippen molar-refractivity contribution < 1.29 is 9.21 Å². The number of fused-ring (bicyclic) bond motifs is 3. The molecule has 9 heteroatoms. The topological polar surface area (TPSA) is 101 Å². The van der Waals surface area contributed by atoms with E-state index in [0.29, 0.717) is 33.5 Å². The number of anilines is 1. The van der Waals surface area contributed by atoms with Gasteiger partial charge in [-0.15, -0.1) is 11.3 Å². The fraction of sp³-hybridized carbons (Fsp3) is 0.280. The van der Waals surface area contributed by atoms with Gasteiger partial charge in [0.1, 0.15) is 16.7 Å². The predicted molar refractivity (Wildman–Crippen MR) is 133 cm³/mol. The minimum Gasteiger partial charge on any atom is -0.467 e. The van der Waals surface area contributed by atoms with Crippen LogP contribution in [0, 0.1) is 17.2 Å². The average molecular weight is 491 g/mol. The molecule has 1 N–H and O–H groups in total. The SMILES string of the molecule is CC1CCc2c(sc3nc(SCC(=O)Nc4ccccc4C#N)n(Cc4ccco4)c(=O)c23)C1. The van der Waals surface area contributed by atoms with Gasteiger partial charge in [0.15, 0.2) is 5.16 Å². The summed E-state index contributed by atoms with van der Waals surface area (Å²) in [7, 11) is 0. The summed E-state index contributed by atoms with van der Waals surface area (Å²) in [4.78, 5) is 33.1. The van der Waals surface area contributed by atoms with Crippen LogP contribution in [0.1, 0.15) is 35.1 Å². The van der Waals surface area contributed by atoms with Crippen LogP contribution in [0.5, 0.6) is 0 Å². The summed E-state index contributed by atoms with van der Waals surface area (Å²) < 4.78 is 7.10. The Morgan fingerprint density at radius 1 is 1.35 bits per heavy atom. The Bertz CT molecular complexity index is 1460. The summed E-state index contributed by atoms with van der Waals surface area (Å²) >= 11 is 2.80. The van der Waals surface area contributed by atoms with Crippen molar-refractivity contribution in [2.75, 3.05) is 11.1 Å². The van der Waals surface area contributed by atoms with Gasteiger partial charge >= 0.3 is 0 Å². The maximum absolute atomic E-state index is 13.6. The Morgan fingerprint density at radius 3 is 3.00 bits per heavy atom. The second kappa shape index (κ2) is 9.49. The van der Waals surface area contributed by atoms with Crippen LogP contribution in [0.2, 0.25) is 0 Å². The van der Waals surface area contributed by atoms with E-state index in [2.05, 4.69) is 18.3 Å². The third-order valence-corrected chi connectivity index (χ3v) is 8.05. The molecule has 3 aromatic heterocycles. The molecule has 1 unspecified atom stereocenters. The van der Waals surface area contributed by atoms with Crippen LogP contribution in [0.4, 0.5) is 5.69 Å². The van der Waals surface area contributed by atoms with Gasteiger partial charge < -0.3 is 9.73 Å². The molecular formula is C25H22N4O3S2. The molecule has 1 aromatic carbocycles. The number of furan rings is 1. The van der Waals surface area contributed by atoms with Crippen LogP contribution in [-0.4, -0.2) is 21.2 Å². The maximum Gasteiger partial charge on any atom is 0.263 e. The van der Waals surface area contributed by atoms with Crippen LogP contribution in [-0.2, 0) is 24.2 Å². The Labute approximate surface area is 204 Å². The second-order valence-corrected chi connectivity index (χ2v) is 10.4. The highest BCUT2D eigenvalue weighted by molar-refractivity contribution is 7.99. The summed E-state index contributed by atoms with van der Waals surface area (Å²) in [6, 6.07) is 12.5. The molecule has 4 aromatic rings. The van der Waals surface area contributed by atoms with Crippen LogP contribution < -0.4 is 10.9 Å². The molecule has 172 valence electrons. The highest BCUT2D eigenvalue weighted by Crippen LogP contribution is 2.36. The summed E-state index contributed by atoms with van der Waals surface area (Å²) in [6.45, 7) is 2.48. The van der Waals surface area contributed by atoms with Crippen molar-refractivity contribution in [1.82, 2.24) is 9.55 Å². The molecule has 0 saturated carbocycles. The van der Waals surface area contributed by atoms with E-state index in [9.17, 15) is 14.9 Å². The minimum absolute atomic E-state index is 0.0536. The van der Waals surface area contributed by atoms with E-state index in [1.807, 2.05) is 6.07 Å². The lowest BCUT2D eigenvalue weighted by Gasteiger charge is -2.17. The van der Waals surface area contributed by atoms with Crippen molar-refractivity contribution in [2.45, 2.75) is 37.9 Å². The Balaban J connectivity index is 1.47. The molecule has 1 aliphatic carbocycles. The number of amides is 1. The van der Waals surface area contributed by atoms with Gasteiger partial charge in [-0.2, -0.15) is 5.26 Å². The predicted octanol–water partition coefficient (Wildman–Crippen LogP) is 4.83. The molecule has 1 atom stereocenters. The van der Waals surface area contributed by atoms with Crippen molar-refractivity contribution in [3.63, 3.8) is 0 Å². The molecular weight excluding hydrogens is 468 g/mol. The zero-order chi connectivity index (χ0) is 23.7. The standard InChI is InChI=1S/C25H22N4O3S2/c1-15-8-9-18-20(11-15)34-23-22(18)24(31)29(13-17-6-4-10-32-17)25(28-23)33-14-21(30)27-19-7-3-2-5-16(19)12-26/h2-7,10,15H,8-9,11,13-14H2,1H3,(H,27,30). The molecule has 0 saturated heterocycles. The molecule has 5 rings (SSSR count). The van der Waals surface area contributed by atoms with Gasteiger partial charge in [0, 0.05) is 4.88 Å². The highest BCUT2D eigenvalue weighted by atomic mass is 32.2. The Kier molecular flexibility index (Phi) is 6.26. The van der Waals surface area contributed by atoms with Crippen molar-refractivity contribution >= 4 is 44.9 Å². The number of rotatable bonds is 6. The van der Waals surface area contributed by atoms with Crippen LogP contribution >= 0.6 is 23.1 Å². The first kappa shape index (κ1) is 22.4. The molecule has 0 aliphatic heterocycles. The van der Waals surface area contributed by atoms with Crippen LogP contribution in [0.25, 0.3) is 10.2 Å². The Morgan fingerprint density at radius 2 is 2.21 bits per heavy atom. The van der Waals surface area contributed by atoms with Crippen molar-refractivity contribution in [3.8, 4) is 6.07 Å². The van der Waals surface area contributed by atoms with E-state index in [-0.39, 0.29) is 23.8 Å². The molecule has 7 nitrogen and oxygen atoms in total. The lowest BCUT2D eigenvalue weighted by molar-refractivity contribution is -0.113. The minimum atomic E-state index is -0.272. The van der Waals surface area contributed by atoms with Gasteiger partial charge in [-0.25, -0.2) is 4.98 Å². The van der Waals surface area contributed by atoms with E-state index < -0.39 is 0 Å². The van der Waals surface area contributed by atoms with Crippen LogP contribution in [0.3, 0.4) is 0 Å². The van der Waals surface area contributed by atoms with Gasteiger partial charge in [0.2, 0.25) is 5.91 Å². The van der Waals surface area contributed by atoms with E-state index in [1.165, 1.54) is 16.6 Å². The van der Waals surface area contributed by atoms with E-state index in [4.69, 9.17) is 9.40 Å². The number of para-hydroxylation sites is 1. The molecule has 34 heavy (non-hydrogen) atoms. The number of nitrogens with zero attached hydrogens (tertiary/aromatic N) is 3. The summed E-state index contributed by atoms with van der Waals surface area (Å²) in [6.07, 6.45) is 4.50. The largest absolute Gasteiger partial charge is 0.467 e. The summed E-state index contributed by atoms with van der Waals surface area (Å²) in [5.41, 5.74) is 1.90. The molecule has 3 heterocycles. The smallest absolute Gasteiger partial charge is 0.263 e. The first-order valence-corrected chi connectivity index (χ1v) is 12.8. The van der Waals surface area contributed by atoms with Crippen molar-refractivity contribution in [2.24, 2.45) is 5.92 Å². The number of nitriles is 1. The fourth-order valence-electron chi connectivity index (χ4n) is 4.22. The van der Waals surface area contributed by atoms with Crippen molar-refractivity contribution in [1.29, 1.82) is 5.26 Å². The number of thiophene rings is 1. The zero-order valence-electron chi connectivity index (χ0n) is 18.5. The molecule has 0 fully saturated rings. The maximum atomic E-state index is 13.6. The third kappa shape index (κ3) is 4.39. The first-order chi connectivity index (χ1) is 16.5. The number of carbonyl (C=O) groups is 1. The Hall–Kier alpha value is -3.35. The lowest BCUT2D eigenvalue weighted by atomic mass is 9.89. The number of hydrogen-bond acceptors (Lipinski definition) is 7. The fourth-order valence-corrected chi connectivity index (χ4v) is 6.44. The zero-order valence-corrected chi connectivity index (χ0v) is 20.2. The van der Waals surface area contributed by atoms with E-state index >= 15 is 0 Å². The highest BCUT2D eigenvalue weighted by Gasteiger charge is 2.25. The van der Waals surface area contributed by atoms with E-state index in [1.54, 1.807) is 52.5 Å².